The van der Waals surface area contributed by atoms with Gasteiger partial charge in [0.2, 0.25) is 0 Å². The number of fused-ring (bicyclic) bond motifs is 1. The van der Waals surface area contributed by atoms with Gasteiger partial charge in [-0.15, -0.1) is 22.7 Å². The van der Waals surface area contributed by atoms with Crippen LogP contribution in [0.15, 0.2) is 53.2 Å². The molecule has 140 valence electrons. The molecule has 1 aliphatic heterocycles. The van der Waals surface area contributed by atoms with Gasteiger partial charge in [-0.25, -0.2) is 0 Å². The van der Waals surface area contributed by atoms with Gasteiger partial charge >= 0.3 is 0 Å². The summed E-state index contributed by atoms with van der Waals surface area (Å²) in [6, 6.07) is 14.2. The second kappa shape index (κ2) is 7.97. The summed E-state index contributed by atoms with van der Waals surface area (Å²) in [4.78, 5) is 18.0. The van der Waals surface area contributed by atoms with Crippen molar-refractivity contribution in [3.63, 3.8) is 0 Å². The summed E-state index contributed by atoms with van der Waals surface area (Å²) in [5, 5.41) is 4.23. The first-order chi connectivity index (χ1) is 13.1. The Hall–Kier alpha value is -1.95. The van der Waals surface area contributed by atoms with E-state index >= 15 is 0 Å². The fraction of sp³-hybridized carbons (Fsp3) is 0.318. The van der Waals surface area contributed by atoms with E-state index in [1.807, 2.05) is 43.0 Å². The minimum Gasteiger partial charge on any atom is -0.374 e. The van der Waals surface area contributed by atoms with Crippen LogP contribution in [0.5, 0.6) is 0 Å². The average Bonchev–Trinajstić information content (AvgIpc) is 3.37. The smallest absolute Gasteiger partial charge is 0.254 e. The SMILES string of the molecule is CC(C)OCc1ccc(C(=O)N2CCc3sccc3[C@H]2c2cccs2)cc1. The number of nitrogens with zero attached hydrogens (tertiary/aromatic N) is 1. The number of ether oxygens (including phenoxy) is 1. The molecule has 4 rings (SSSR count). The Kier molecular flexibility index (Phi) is 5.43. The van der Waals surface area contributed by atoms with Crippen molar-refractivity contribution in [2.45, 2.75) is 39.0 Å². The molecule has 1 amide bonds. The molecule has 0 saturated carbocycles. The highest BCUT2D eigenvalue weighted by Crippen LogP contribution is 2.40. The molecule has 3 nitrogen and oxygen atoms in total. The van der Waals surface area contributed by atoms with Gasteiger partial charge < -0.3 is 9.64 Å². The highest BCUT2D eigenvalue weighted by atomic mass is 32.1. The molecular weight excluding hydrogens is 374 g/mol. The van der Waals surface area contributed by atoms with E-state index in [9.17, 15) is 4.79 Å². The maximum atomic E-state index is 13.3. The quantitative estimate of drug-likeness (QED) is 0.567. The van der Waals surface area contributed by atoms with Crippen LogP contribution in [0.4, 0.5) is 0 Å². The van der Waals surface area contributed by atoms with Crippen LogP contribution in [0.2, 0.25) is 0 Å². The van der Waals surface area contributed by atoms with Crippen LogP contribution in [0.1, 0.15) is 51.1 Å². The van der Waals surface area contributed by atoms with Crippen molar-refractivity contribution in [1.82, 2.24) is 4.90 Å². The third-order valence-corrected chi connectivity index (χ3v) is 6.74. The maximum absolute atomic E-state index is 13.3. The Balaban J connectivity index is 1.59. The van der Waals surface area contributed by atoms with E-state index in [0.29, 0.717) is 6.61 Å². The minimum absolute atomic E-state index is 0.0245. The lowest BCUT2D eigenvalue weighted by Gasteiger charge is -2.35. The van der Waals surface area contributed by atoms with Gasteiger partial charge in [0, 0.05) is 21.9 Å². The van der Waals surface area contributed by atoms with E-state index in [1.165, 1.54) is 15.3 Å². The molecule has 0 bridgehead atoms. The zero-order valence-corrected chi connectivity index (χ0v) is 17.2. The monoisotopic (exact) mass is 397 g/mol. The molecule has 0 spiro atoms. The molecule has 0 fully saturated rings. The molecule has 3 aromatic rings. The maximum Gasteiger partial charge on any atom is 0.254 e. The van der Waals surface area contributed by atoms with E-state index in [0.717, 1.165) is 24.1 Å². The van der Waals surface area contributed by atoms with Crippen molar-refractivity contribution in [2.75, 3.05) is 6.54 Å². The predicted octanol–water partition coefficient (Wildman–Crippen LogP) is 5.52. The van der Waals surface area contributed by atoms with Gasteiger partial charge in [0.25, 0.3) is 5.91 Å². The Morgan fingerprint density at radius 3 is 2.67 bits per heavy atom. The third-order valence-electron chi connectivity index (χ3n) is 4.82. The standard InChI is InChI=1S/C22H23NO2S2/c1-15(2)25-14-16-5-7-17(8-6-16)22(24)23-11-9-19-18(10-13-27-19)21(23)20-4-3-12-26-20/h3-8,10,12-13,15,21H,9,11,14H2,1-2H3/t21-/m0/s1. The van der Waals surface area contributed by atoms with Gasteiger partial charge in [0.1, 0.15) is 0 Å². The molecule has 1 atom stereocenters. The second-order valence-corrected chi connectivity index (χ2v) is 9.00. The fourth-order valence-corrected chi connectivity index (χ4v) is 5.22. The predicted molar refractivity (Wildman–Crippen MR) is 112 cm³/mol. The number of benzene rings is 1. The molecule has 0 saturated heterocycles. The summed E-state index contributed by atoms with van der Waals surface area (Å²) in [6.45, 7) is 5.38. The van der Waals surface area contributed by atoms with Crippen molar-refractivity contribution in [1.29, 1.82) is 0 Å². The number of thiophene rings is 2. The first kappa shape index (κ1) is 18.4. The minimum atomic E-state index is 0.0245. The number of amides is 1. The number of rotatable bonds is 5. The topological polar surface area (TPSA) is 29.5 Å². The average molecular weight is 398 g/mol. The summed E-state index contributed by atoms with van der Waals surface area (Å²) in [5.74, 6) is 0.0987. The molecule has 0 N–H and O–H groups in total. The van der Waals surface area contributed by atoms with E-state index in [4.69, 9.17) is 4.74 Å². The largest absolute Gasteiger partial charge is 0.374 e. The summed E-state index contributed by atoms with van der Waals surface area (Å²) in [5.41, 5.74) is 3.11. The van der Waals surface area contributed by atoms with Crippen LogP contribution in [0.3, 0.4) is 0 Å². The van der Waals surface area contributed by atoms with Gasteiger partial charge in [-0.2, -0.15) is 0 Å². The Bertz CT molecular complexity index is 897. The highest BCUT2D eigenvalue weighted by Gasteiger charge is 2.33. The summed E-state index contributed by atoms with van der Waals surface area (Å²) < 4.78 is 5.65. The lowest BCUT2D eigenvalue weighted by molar-refractivity contribution is 0.0654. The molecule has 1 aromatic carbocycles. The van der Waals surface area contributed by atoms with Gasteiger partial charge in [-0.1, -0.05) is 18.2 Å². The fourth-order valence-electron chi connectivity index (χ4n) is 3.46. The van der Waals surface area contributed by atoms with Gasteiger partial charge in [0.05, 0.1) is 18.8 Å². The normalized spacial score (nSPS) is 16.6. The van der Waals surface area contributed by atoms with Crippen LogP contribution < -0.4 is 0 Å². The molecule has 5 heteroatoms. The van der Waals surface area contributed by atoms with Crippen molar-refractivity contribution in [3.05, 3.63) is 79.7 Å². The lowest BCUT2D eigenvalue weighted by atomic mass is 9.97. The zero-order valence-electron chi connectivity index (χ0n) is 15.6. The lowest BCUT2D eigenvalue weighted by Crippen LogP contribution is -2.39. The Morgan fingerprint density at radius 2 is 1.96 bits per heavy atom. The molecule has 1 aliphatic rings. The molecule has 0 unspecified atom stereocenters. The van der Waals surface area contributed by atoms with Gasteiger partial charge in [-0.3, -0.25) is 4.79 Å². The van der Waals surface area contributed by atoms with Crippen LogP contribution in [-0.2, 0) is 17.8 Å². The van der Waals surface area contributed by atoms with E-state index in [-0.39, 0.29) is 18.1 Å². The third kappa shape index (κ3) is 3.86. The number of carbonyl (C=O) groups is 1. The Labute approximate surface area is 168 Å². The van der Waals surface area contributed by atoms with Crippen LogP contribution in [0, 0.1) is 0 Å². The summed E-state index contributed by atoms with van der Waals surface area (Å²) >= 11 is 3.52. The first-order valence-electron chi connectivity index (χ1n) is 9.24. The van der Waals surface area contributed by atoms with E-state index in [1.54, 1.807) is 22.7 Å². The molecule has 0 aliphatic carbocycles. The van der Waals surface area contributed by atoms with E-state index in [2.05, 4.69) is 29.0 Å². The van der Waals surface area contributed by atoms with Crippen molar-refractivity contribution < 1.29 is 9.53 Å². The zero-order chi connectivity index (χ0) is 18.8. The van der Waals surface area contributed by atoms with Crippen molar-refractivity contribution in [2.24, 2.45) is 0 Å². The highest BCUT2D eigenvalue weighted by molar-refractivity contribution is 7.10. The van der Waals surface area contributed by atoms with Gasteiger partial charge in [-0.05, 0) is 66.4 Å². The molecular formula is C22H23NO2S2. The molecule has 27 heavy (non-hydrogen) atoms. The molecule has 3 heterocycles. The number of hydrogen-bond acceptors (Lipinski definition) is 4. The van der Waals surface area contributed by atoms with Crippen LogP contribution in [0.25, 0.3) is 0 Å². The summed E-state index contributed by atoms with van der Waals surface area (Å²) in [7, 11) is 0. The second-order valence-electron chi connectivity index (χ2n) is 7.02. The Morgan fingerprint density at radius 1 is 1.15 bits per heavy atom. The first-order valence-corrected chi connectivity index (χ1v) is 11.0. The van der Waals surface area contributed by atoms with Crippen LogP contribution in [-0.4, -0.2) is 23.5 Å². The van der Waals surface area contributed by atoms with E-state index < -0.39 is 0 Å². The van der Waals surface area contributed by atoms with Crippen molar-refractivity contribution in [3.8, 4) is 0 Å². The summed E-state index contributed by atoms with van der Waals surface area (Å²) in [6.07, 6.45) is 1.13. The molecule has 0 radical (unpaired) electrons. The van der Waals surface area contributed by atoms with Gasteiger partial charge in [0.15, 0.2) is 0 Å². The van der Waals surface area contributed by atoms with Crippen molar-refractivity contribution >= 4 is 28.6 Å². The van der Waals surface area contributed by atoms with Crippen LogP contribution >= 0.6 is 22.7 Å². The number of carbonyl (C=O) groups excluding carboxylic acids is 1. The number of hydrogen-bond donors (Lipinski definition) is 0. The molecule has 2 aromatic heterocycles.